The third kappa shape index (κ3) is 3.49. The van der Waals surface area contributed by atoms with E-state index in [0.29, 0.717) is 0 Å². The van der Waals surface area contributed by atoms with Gasteiger partial charge < -0.3 is 0 Å². The van der Waals surface area contributed by atoms with E-state index in [1.165, 1.54) is 22.4 Å². The summed E-state index contributed by atoms with van der Waals surface area (Å²) >= 11 is 0. The van der Waals surface area contributed by atoms with Gasteiger partial charge in [0.05, 0.1) is 14.1 Å². The van der Waals surface area contributed by atoms with Crippen molar-refractivity contribution >= 4 is 5.69 Å². The van der Waals surface area contributed by atoms with Crippen LogP contribution in [0.2, 0.25) is 0 Å². The molecule has 0 fully saturated rings. The predicted molar refractivity (Wildman–Crippen MR) is 89.0 cm³/mol. The van der Waals surface area contributed by atoms with E-state index in [1.54, 1.807) is 0 Å². The second-order valence-corrected chi connectivity index (χ2v) is 6.03. The number of aryl methyl sites for hydroxylation is 2. The van der Waals surface area contributed by atoms with Gasteiger partial charge in [-0.1, -0.05) is 50.2 Å². The Hall–Kier alpha value is -1.60. The Morgan fingerprint density at radius 1 is 0.650 bits per heavy atom. The Morgan fingerprint density at radius 3 is 1.50 bits per heavy atom. The summed E-state index contributed by atoms with van der Waals surface area (Å²) in [5, 5.41) is 0. The third-order valence-electron chi connectivity index (χ3n) is 4.05. The average Bonchev–Trinajstić information content (AvgIpc) is 2.48. The molecule has 0 saturated carbocycles. The number of hydrogen-bond donors (Lipinski definition) is 0. The molecule has 0 unspecified atom stereocenters. The van der Waals surface area contributed by atoms with Gasteiger partial charge in [0.2, 0.25) is 0 Å². The summed E-state index contributed by atoms with van der Waals surface area (Å²) in [6.07, 6.45) is 2.21. The zero-order valence-electron chi connectivity index (χ0n) is 13.2. The van der Waals surface area contributed by atoms with Gasteiger partial charge in [-0.25, -0.2) is 0 Å². The summed E-state index contributed by atoms with van der Waals surface area (Å²) in [6, 6.07) is 18.0. The molecule has 0 aliphatic carbocycles. The summed E-state index contributed by atoms with van der Waals surface area (Å²) in [6.45, 7) is 5.42. The number of nitrogens with zero attached hydrogens (tertiary/aromatic N) is 1. The standard InChI is InChI=1S/C19H26N/c1-5-16-7-9-18(10-8-16)15-20(3,4)19-13-11-17(6-2)12-14-19/h7-14H,5-6,15H2,1-4H3/q+1. The molecule has 0 heterocycles. The minimum absolute atomic E-state index is 0.884. The number of benzene rings is 2. The van der Waals surface area contributed by atoms with E-state index in [-0.39, 0.29) is 0 Å². The van der Waals surface area contributed by atoms with Gasteiger partial charge >= 0.3 is 0 Å². The van der Waals surface area contributed by atoms with Gasteiger partial charge in [-0.15, -0.1) is 0 Å². The maximum Gasteiger partial charge on any atom is 0.132 e. The molecule has 0 aliphatic heterocycles. The zero-order valence-corrected chi connectivity index (χ0v) is 13.2. The molecule has 106 valence electrons. The molecular weight excluding hydrogens is 242 g/mol. The Labute approximate surface area is 123 Å². The second kappa shape index (κ2) is 6.23. The lowest BCUT2D eigenvalue weighted by Gasteiger charge is -2.29. The van der Waals surface area contributed by atoms with Crippen molar-refractivity contribution in [3.05, 3.63) is 65.2 Å². The van der Waals surface area contributed by atoms with Gasteiger partial charge in [0.1, 0.15) is 12.2 Å². The van der Waals surface area contributed by atoms with E-state index >= 15 is 0 Å². The molecule has 1 heteroatoms. The molecule has 2 rings (SSSR count). The van der Waals surface area contributed by atoms with Crippen LogP contribution in [0.1, 0.15) is 30.5 Å². The van der Waals surface area contributed by atoms with Crippen LogP contribution in [0, 0.1) is 0 Å². The van der Waals surface area contributed by atoms with Crippen LogP contribution in [0.5, 0.6) is 0 Å². The molecule has 20 heavy (non-hydrogen) atoms. The molecule has 0 atom stereocenters. The highest BCUT2D eigenvalue weighted by molar-refractivity contribution is 5.44. The molecular formula is C19H26N+. The van der Waals surface area contributed by atoms with Gasteiger partial charge in [-0.05, 0) is 36.1 Å². The largest absolute Gasteiger partial charge is 0.292 e. The van der Waals surface area contributed by atoms with Crippen molar-refractivity contribution in [1.29, 1.82) is 0 Å². The molecule has 0 N–H and O–H groups in total. The van der Waals surface area contributed by atoms with Crippen LogP contribution >= 0.6 is 0 Å². The highest BCUT2D eigenvalue weighted by atomic mass is 15.3. The van der Waals surface area contributed by atoms with E-state index < -0.39 is 0 Å². The number of quaternary nitrogens is 1. The maximum atomic E-state index is 2.27. The van der Waals surface area contributed by atoms with E-state index in [4.69, 9.17) is 0 Å². The minimum atomic E-state index is 0.884. The van der Waals surface area contributed by atoms with Crippen LogP contribution < -0.4 is 4.48 Å². The summed E-state index contributed by atoms with van der Waals surface area (Å²) in [5.41, 5.74) is 5.57. The number of rotatable bonds is 5. The molecule has 0 amide bonds. The molecule has 0 aromatic heterocycles. The van der Waals surface area contributed by atoms with Crippen LogP contribution in [0.25, 0.3) is 0 Å². The van der Waals surface area contributed by atoms with Crippen LogP contribution in [0.15, 0.2) is 48.5 Å². The Balaban J connectivity index is 2.15. The van der Waals surface area contributed by atoms with Crippen molar-refractivity contribution < 1.29 is 0 Å². The molecule has 0 radical (unpaired) electrons. The minimum Gasteiger partial charge on any atom is -0.292 e. The van der Waals surface area contributed by atoms with E-state index in [9.17, 15) is 0 Å². The normalized spacial score (nSPS) is 11.6. The SMILES string of the molecule is CCc1ccc(C[N+](C)(C)c2ccc(CC)cc2)cc1. The topological polar surface area (TPSA) is 0 Å². The van der Waals surface area contributed by atoms with Gasteiger partial charge in [-0.2, -0.15) is 0 Å². The molecule has 0 bridgehead atoms. The first-order chi connectivity index (χ1) is 9.55. The lowest BCUT2D eigenvalue weighted by atomic mass is 10.1. The molecule has 1 nitrogen and oxygen atoms in total. The van der Waals surface area contributed by atoms with Crippen molar-refractivity contribution in [2.75, 3.05) is 14.1 Å². The lowest BCUT2D eigenvalue weighted by molar-refractivity contribution is 0.392. The molecule has 2 aromatic carbocycles. The first kappa shape index (κ1) is 14.8. The van der Waals surface area contributed by atoms with Crippen LogP contribution in [-0.4, -0.2) is 14.1 Å². The average molecular weight is 268 g/mol. The third-order valence-corrected chi connectivity index (χ3v) is 4.05. The fraction of sp³-hybridized carbons (Fsp3) is 0.368. The first-order valence-electron chi connectivity index (χ1n) is 7.55. The van der Waals surface area contributed by atoms with E-state index in [0.717, 1.165) is 23.9 Å². The van der Waals surface area contributed by atoms with Crippen LogP contribution in [-0.2, 0) is 19.4 Å². The zero-order chi connectivity index (χ0) is 14.6. The van der Waals surface area contributed by atoms with Crippen LogP contribution in [0.4, 0.5) is 5.69 Å². The molecule has 2 aromatic rings. The Kier molecular flexibility index (Phi) is 4.61. The van der Waals surface area contributed by atoms with Crippen molar-refractivity contribution in [3.63, 3.8) is 0 Å². The van der Waals surface area contributed by atoms with Crippen molar-refractivity contribution in [2.24, 2.45) is 0 Å². The number of hydrogen-bond acceptors (Lipinski definition) is 0. The monoisotopic (exact) mass is 268 g/mol. The Morgan fingerprint density at radius 2 is 1.05 bits per heavy atom. The first-order valence-corrected chi connectivity index (χ1v) is 7.55. The van der Waals surface area contributed by atoms with Crippen LogP contribution in [0.3, 0.4) is 0 Å². The van der Waals surface area contributed by atoms with Gasteiger partial charge in [0, 0.05) is 5.56 Å². The van der Waals surface area contributed by atoms with E-state index in [1.807, 2.05) is 0 Å². The fourth-order valence-corrected chi connectivity index (χ4v) is 2.56. The summed E-state index contributed by atoms with van der Waals surface area (Å²) in [5.74, 6) is 0. The van der Waals surface area contributed by atoms with Gasteiger partial charge in [0.25, 0.3) is 0 Å². The molecule has 0 saturated heterocycles. The van der Waals surface area contributed by atoms with Gasteiger partial charge in [0.15, 0.2) is 0 Å². The highest BCUT2D eigenvalue weighted by Gasteiger charge is 2.19. The highest BCUT2D eigenvalue weighted by Crippen LogP contribution is 2.23. The molecule has 0 spiro atoms. The van der Waals surface area contributed by atoms with Gasteiger partial charge in [-0.3, -0.25) is 4.48 Å². The van der Waals surface area contributed by atoms with Crippen molar-refractivity contribution in [1.82, 2.24) is 4.48 Å². The maximum absolute atomic E-state index is 2.27. The summed E-state index contributed by atoms with van der Waals surface area (Å²) < 4.78 is 0.884. The summed E-state index contributed by atoms with van der Waals surface area (Å²) in [7, 11) is 4.55. The fourth-order valence-electron chi connectivity index (χ4n) is 2.56. The predicted octanol–water partition coefficient (Wildman–Crippen LogP) is 4.58. The van der Waals surface area contributed by atoms with Crippen molar-refractivity contribution in [3.8, 4) is 0 Å². The molecule has 0 aliphatic rings. The van der Waals surface area contributed by atoms with E-state index in [2.05, 4.69) is 76.5 Å². The smallest absolute Gasteiger partial charge is 0.132 e. The second-order valence-electron chi connectivity index (χ2n) is 6.03. The lowest BCUT2D eigenvalue weighted by Crippen LogP contribution is -2.39. The van der Waals surface area contributed by atoms with Crippen molar-refractivity contribution in [2.45, 2.75) is 33.2 Å². The summed E-state index contributed by atoms with van der Waals surface area (Å²) in [4.78, 5) is 0. The Bertz CT molecular complexity index is 535. The quantitative estimate of drug-likeness (QED) is 0.696.